The van der Waals surface area contributed by atoms with Crippen LogP contribution in [0, 0.1) is 13.8 Å². The molecule has 1 aliphatic heterocycles. The van der Waals surface area contributed by atoms with Crippen LogP contribution in [-0.2, 0) is 0 Å². The van der Waals surface area contributed by atoms with Gasteiger partial charge in [-0.25, -0.2) is 9.20 Å². The zero-order valence-corrected chi connectivity index (χ0v) is 18.3. The number of aliphatic hydroxyl groups excluding tert-OH is 1. The average molecular weight is 434 g/mol. The lowest BCUT2D eigenvalue weighted by Gasteiger charge is -2.23. The number of nitrogens with zero attached hydrogens (tertiary/aromatic N) is 6. The summed E-state index contributed by atoms with van der Waals surface area (Å²) in [7, 11) is 0. The minimum absolute atomic E-state index is 0.189. The standard InChI is InChI=1S/C23H27N7O2/c1-15-12-26-29-13-17(22-16(2)30(28-27-22)18-6-9-24-10-7-18)11-20(23(15)29)32-21(14-31)19-5-3-4-8-25-19/h3-5,8,11-13,18,21,24,31H,6-7,9-10,14H2,1-2H3. The Kier molecular flexibility index (Phi) is 5.59. The van der Waals surface area contributed by atoms with Crippen LogP contribution in [0.25, 0.3) is 16.8 Å². The van der Waals surface area contributed by atoms with E-state index >= 15 is 0 Å². The number of ether oxygens (including phenoxy) is 1. The van der Waals surface area contributed by atoms with Gasteiger partial charge in [0.2, 0.25) is 0 Å². The largest absolute Gasteiger partial charge is 0.479 e. The quantitative estimate of drug-likeness (QED) is 0.482. The molecule has 5 heterocycles. The van der Waals surface area contributed by atoms with Gasteiger partial charge in [-0.1, -0.05) is 11.3 Å². The third kappa shape index (κ3) is 3.74. The van der Waals surface area contributed by atoms with Gasteiger partial charge < -0.3 is 15.2 Å². The van der Waals surface area contributed by atoms with Crippen molar-refractivity contribution in [3.8, 4) is 17.0 Å². The lowest BCUT2D eigenvalue weighted by Crippen LogP contribution is -2.30. The first kappa shape index (κ1) is 20.6. The summed E-state index contributed by atoms with van der Waals surface area (Å²) in [5, 5.41) is 26.9. The van der Waals surface area contributed by atoms with E-state index < -0.39 is 6.10 Å². The van der Waals surface area contributed by atoms with Gasteiger partial charge in [-0.05, 0) is 63.5 Å². The number of aliphatic hydroxyl groups is 1. The highest BCUT2D eigenvalue weighted by atomic mass is 16.5. The van der Waals surface area contributed by atoms with Crippen molar-refractivity contribution in [1.29, 1.82) is 0 Å². The number of hydrogen-bond donors (Lipinski definition) is 2. The Morgan fingerprint density at radius 3 is 2.84 bits per heavy atom. The smallest absolute Gasteiger partial charge is 0.163 e. The van der Waals surface area contributed by atoms with Crippen molar-refractivity contribution in [1.82, 2.24) is 34.9 Å². The highest BCUT2D eigenvalue weighted by Crippen LogP contribution is 2.33. The molecule has 0 amide bonds. The second-order valence-electron chi connectivity index (χ2n) is 8.21. The second kappa shape index (κ2) is 8.68. The molecule has 1 unspecified atom stereocenters. The fraction of sp³-hybridized carbons (Fsp3) is 0.391. The van der Waals surface area contributed by atoms with Crippen LogP contribution < -0.4 is 10.1 Å². The van der Waals surface area contributed by atoms with Gasteiger partial charge >= 0.3 is 0 Å². The number of piperidine rings is 1. The Balaban J connectivity index is 1.55. The molecule has 1 fully saturated rings. The highest BCUT2D eigenvalue weighted by molar-refractivity contribution is 5.72. The van der Waals surface area contributed by atoms with Gasteiger partial charge in [0.15, 0.2) is 6.10 Å². The molecule has 0 aliphatic carbocycles. The van der Waals surface area contributed by atoms with Gasteiger partial charge in [-0.3, -0.25) is 4.98 Å². The van der Waals surface area contributed by atoms with Gasteiger partial charge in [-0.2, -0.15) is 5.10 Å². The third-order valence-electron chi connectivity index (χ3n) is 6.07. The lowest BCUT2D eigenvalue weighted by atomic mass is 10.1. The maximum absolute atomic E-state index is 9.99. The number of rotatable bonds is 6. The van der Waals surface area contributed by atoms with Gasteiger partial charge in [0.1, 0.15) is 17.0 Å². The van der Waals surface area contributed by atoms with Gasteiger partial charge in [-0.15, -0.1) is 5.10 Å². The van der Waals surface area contributed by atoms with Crippen LogP contribution in [0.3, 0.4) is 0 Å². The summed E-state index contributed by atoms with van der Waals surface area (Å²) < 4.78 is 10.1. The number of nitrogens with one attached hydrogen (secondary N) is 1. The predicted octanol–water partition coefficient (Wildman–Crippen LogP) is 2.64. The maximum atomic E-state index is 9.99. The van der Waals surface area contributed by atoms with Crippen molar-refractivity contribution in [2.24, 2.45) is 0 Å². The molecule has 4 aromatic heterocycles. The summed E-state index contributed by atoms with van der Waals surface area (Å²) in [5.74, 6) is 0.623. The Morgan fingerprint density at radius 1 is 1.25 bits per heavy atom. The Labute approximate surface area is 186 Å². The first-order valence-corrected chi connectivity index (χ1v) is 10.9. The molecule has 166 valence electrons. The lowest BCUT2D eigenvalue weighted by molar-refractivity contribution is 0.114. The molecule has 1 saturated heterocycles. The summed E-state index contributed by atoms with van der Waals surface area (Å²) in [6, 6.07) is 7.88. The van der Waals surface area contributed by atoms with E-state index in [4.69, 9.17) is 4.74 Å². The van der Waals surface area contributed by atoms with E-state index in [2.05, 4.69) is 32.6 Å². The minimum atomic E-state index is -0.587. The Hall–Kier alpha value is -3.30. The summed E-state index contributed by atoms with van der Waals surface area (Å²) in [6.07, 6.45) is 6.94. The number of aryl methyl sites for hydroxylation is 1. The highest BCUT2D eigenvalue weighted by Gasteiger charge is 2.23. The topological polar surface area (TPSA) is 102 Å². The zero-order valence-electron chi connectivity index (χ0n) is 18.3. The van der Waals surface area contributed by atoms with E-state index in [1.807, 2.05) is 42.1 Å². The first-order chi connectivity index (χ1) is 15.7. The van der Waals surface area contributed by atoms with Crippen LogP contribution in [0.2, 0.25) is 0 Å². The molecule has 1 aliphatic rings. The SMILES string of the molecule is Cc1cnn2cc(-c3nnn(C4CCNCC4)c3C)cc(OC(CO)c3ccccn3)c12. The summed E-state index contributed by atoms with van der Waals surface area (Å²) >= 11 is 0. The monoisotopic (exact) mass is 433 g/mol. The van der Waals surface area contributed by atoms with Crippen LogP contribution >= 0.6 is 0 Å². The molecule has 1 atom stereocenters. The molecule has 32 heavy (non-hydrogen) atoms. The fourth-order valence-electron chi connectivity index (χ4n) is 4.37. The molecule has 0 bridgehead atoms. The normalized spacial score (nSPS) is 15.8. The summed E-state index contributed by atoms with van der Waals surface area (Å²) in [5.41, 5.74) is 5.21. The molecule has 0 saturated carbocycles. The second-order valence-corrected chi connectivity index (χ2v) is 8.21. The van der Waals surface area contributed by atoms with Crippen molar-refractivity contribution in [2.75, 3.05) is 19.7 Å². The van der Waals surface area contributed by atoms with Crippen molar-refractivity contribution >= 4 is 5.52 Å². The molecular weight excluding hydrogens is 406 g/mol. The van der Waals surface area contributed by atoms with Crippen LogP contribution in [0.15, 0.2) is 42.9 Å². The van der Waals surface area contributed by atoms with E-state index in [1.165, 1.54) is 0 Å². The van der Waals surface area contributed by atoms with Crippen molar-refractivity contribution in [2.45, 2.75) is 38.8 Å². The van der Waals surface area contributed by atoms with E-state index in [-0.39, 0.29) is 6.61 Å². The molecule has 9 nitrogen and oxygen atoms in total. The molecule has 4 aromatic rings. The van der Waals surface area contributed by atoms with E-state index in [0.717, 1.165) is 54.0 Å². The number of hydrogen-bond acceptors (Lipinski definition) is 7. The first-order valence-electron chi connectivity index (χ1n) is 10.9. The van der Waals surface area contributed by atoms with Crippen molar-refractivity contribution < 1.29 is 9.84 Å². The van der Waals surface area contributed by atoms with Crippen LogP contribution in [0.1, 0.15) is 41.9 Å². The molecule has 0 radical (unpaired) electrons. The molecule has 0 aromatic carbocycles. The minimum Gasteiger partial charge on any atom is -0.479 e. The van der Waals surface area contributed by atoms with Gasteiger partial charge in [0, 0.05) is 18.0 Å². The number of pyridine rings is 2. The van der Waals surface area contributed by atoms with Gasteiger partial charge in [0.05, 0.1) is 30.2 Å². The van der Waals surface area contributed by atoms with Crippen LogP contribution in [0.5, 0.6) is 5.75 Å². The van der Waals surface area contributed by atoms with E-state index in [0.29, 0.717) is 17.5 Å². The molecule has 0 spiro atoms. The number of aromatic nitrogens is 6. The third-order valence-corrected chi connectivity index (χ3v) is 6.07. The predicted molar refractivity (Wildman–Crippen MR) is 120 cm³/mol. The fourth-order valence-corrected chi connectivity index (χ4v) is 4.37. The molecule has 5 rings (SSSR count). The van der Waals surface area contributed by atoms with Crippen molar-refractivity contribution in [3.63, 3.8) is 0 Å². The Bertz CT molecular complexity index is 1210. The van der Waals surface area contributed by atoms with Gasteiger partial charge in [0.25, 0.3) is 0 Å². The van der Waals surface area contributed by atoms with E-state index in [1.54, 1.807) is 16.9 Å². The van der Waals surface area contributed by atoms with E-state index in [9.17, 15) is 5.11 Å². The molecular formula is C23H27N7O2. The summed E-state index contributed by atoms with van der Waals surface area (Å²) in [6.45, 7) is 5.84. The van der Waals surface area contributed by atoms with Crippen LogP contribution in [0.4, 0.5) is 0 Å². The Morgan fingerprint density at radius 2 is 2.09 bits per heavy atom. The molecule has 2 N–H and O–H groups in total. The number of fused-ring (bicyclic) bond motifs is 1. The van der Waals surface area contributed by atoms with Crippen LogP contribution in [-0.4, -0.2) is 54.4 Å². The van der Waals surface area contributed by atoms with Crippen molar-refractivity contribution in [3.05, 3.63) is 59.8 Å². The zero-order chi connectivity index (χ0) is 22.1. The molecule has 9 heteroatoms. The average Bonchev–Trinajstić information content (AvgIpc) is 3.41. The summed E-state index contributed by atoms with van der Waals surface area (Å²) in [4.78, 5) is 4.35. The maximum Gasteiger partial charge on any atom is 0.163 e.